The second-order valence-electron chi connectivity index (χ2n) is 8.57. The van der Waals surface area contributed by atoms with Crippen molar-refractivity contribution in [2.75, 3.05) is 12.4 Å². The van der Waals surface area contributed by atoms with Gasteiger partial charge in [0.25, 0.3) is 10.0 Å². The Morgan fingerprint density at radius 1 is 1.23 bits per heavy atom. The first-order valence-electron chi connectivity index (χ1n) is 10.7. The zero-order chi connectivity index (χ0) is 25.7. The highest BCUT2D eigenvalue weighted by Crippen LogP contribution is 2.33. The van der Waals surface area contributed by atoms with Gasteiger partial charge in [0.15, 0.2) is 10.5 Å². The van der Waals surface area contributed by atoms with Crippen LogP contribution in [-0.4, -0.2) is 25.3 Å². The highest BCUT2D eigenvalue weighted by Gasteiger charge is 2.22. The number of nitrogens with one attached hydrogen (secondary N) is 1. The molecule has 182 valence electrons. The average Bonchev–Trinajstić information content (AvgIpc) is 2.77. The summed E-state index contributed by atoms with van der Waals surface area (Å²) in [6.07, 6.45) is 3.77. The number of benzene rings is 1. The minimum absolute atomic E-state index is 0.000580. The molecule has 8 nitrogen and oxygen atoms in total. The van der Waals surface area contributed by atoms with Crippen LogP contribution < -0.4 is 15.9 Å². The lowest BCUT2D eigenvalue weighted by Gasteiger charge is -2.24. The number of allylic oxidation sites excluding steroid dienone is 3. The zero-order valence-electron chi connectivity index (χ0n) is 19.7. The van der Waals surface area contributed by atoms with Gasteiger partial charge in [-0.25, -0.2) is 18.5 Å². The smallest absolute Gasteiger partial charge is 0.257 e. The minimum Gasteiger partial charge on any atom is -0.455 e. The molecular weight excluding hydrogens is 488 g/mol. The number of nitrogens with two attached hydrogens (primary N) is 1. The number of halogens is 1. The summed E-state index contributed by atoms with van der Waals surface area (Å²) in [4.78, 5) is 18.8. The molecule has 0 radical (unpaired) electrons. The van der Waals surface area contributed by atoms with E-state index in [0.29, 0.717) is 22.3 Å². The molecule has 3 N–H and O–H groups in total. The van der Waals surface area contributed by atoms with Crippen molar-refractivity contribution in [3.63, 3.8) is 0 Å². The third-order valence-corrected chi connectivity index (χ3v) is 6.87. The standard InChI is InChI=1S/C25H25ClN4O4S/c1-13-8-18(15(3)28-20-6-7-23(26)29-25(20)35(27,32)33)24-19(9-13)21(31)11-22(34-24)17-10-14(2)16(4)30(5)12-17/h6-12,15,28H,4H2,1-3,5H3,(H2,27,32,33)/t15-/m1/s1. The third kappa shape index (κ3) is 4.88. The van der Waals surface area contributed by atoms with Gasteiger partial charge in [-0.2, -0.15) is 0 Å². The fourth-order valence-electron chi connectivity index (χ4n) is 4.01. The second kappa shape index (κ2) is 8.99. The molecule has 1 atom stereocenters. The van der Waals surface area contributed by atoms with Gasteiger partial charge < -0.3 is 14.6 Å². The second-order valence-corrected chi connectivity index (χ2v) is 10.4. The van der Waals surface area contributed by atoms with Crippen LogP contribution in [0.25, 0.3) is 16.5 Å². The number of hydrogen-bond acceptors (Lipinski definition) is 7. The van der Waals surface area contributed by atoms with Gasteiger partial charge in [-0.05, 0) is 56.2 Å². The molecule has 0 amide bonds. The van der Waals surface area contributed by atoms with E-state index >= 15 is 0 Å². The number of aryl methyl sites for hydroxylation is 1. The van der Waals surface area contributed by atoms with Crippen molar-refractivity contribution < 1.29 is 12.8 Å². The molecule has 0 spiro atoms. The molecular formula is C25H25ClN4O4S. The maximum atomic E-state index is 13.1. The lowest BCUT2D eigenvalue weighted by Crippen LogP contribution is -2.18. The summed E-state index contributed by atoms with van der Waals surface area (Å²) in [6, 6.07) is 7.62. The molecule has 10 heteroatoms. The SMILES string of the molecule is C=C1C(C)=CC(c2cc(=O)c3cc(C)cc([C@@H](C)Nc4ccc(Cl)nc4S(N)(=O)=O)c3o2)=CN1C. The van der Waals surface area contributed by atoms with E-state index < -0.39 is 16.1 Å². The Morgan fingerprint density at radius 2 is 1.94 bits per heavy atom. The van der Waals surface area contributed by atoms with Gasteiger partial charge in [0.1, 0.15) is 16.5 Å². The first-order valence-corrected chi connectivity index (χ1v) is 12.6. The Balaban J connectivity index is 1.85. The Morgan fingerprint density at radius 3 is 2.60 bits per heavy atom. The van der Waals surface area contributed by atoms with E-state index in [9.17, 15) is 13.2 Å². The fourth-order valence-corrected chi connectivity index (χ4v) is 4.86. The Hall–Kier alpha value is -3.40. The zero-order valence-corrected chi connectivity index (χ0v) is 21.3. The Bertz CT molecular complexity index is 1610. The van der Waals surface area contributed by atoms with E-state index in [-0.39, 0.29) is 21.3 Å². The van der Waals surface area contributed by atoms with Crippen LogP contribution in [0.15, 0.2) is 74.7 Å². The average molecular weight is 513 g/mol. The highest BCUT2D eigenvalue weighted by atomic mass is 35.5. The fraction of sp³-hybridized carbons (Fsp3) is 0.200. The summed E-state index contributed by atoms with van der Waals surface area (Å²) in [5.74, 6) is 0.414. The molecule has 1 aromatic carbocycles. The first-order chi connectivity index (χ1) is 16.3. The summed E-state index contributed by atoms with van der Waals surface area (Å²) < 4.78 is 30.4. The summed E-state index contributed by atoms with van der Waals surface area (Å²) in [5.41, 5.74) is 4.47. The van der Waals surface area contributed by atoms with Crippen molar-refractivity contribution in [3.05, 3.63) is 92.7 Å². The number of primary sulfonamides is 1. The summed E-state index contributed by atoms with van der Waals surface area (Å²) in [6.45, 7) is 9.67. The molecule has 0 saturated carbocycles. The monoisotopic (exact) mass is 512 g/mol. The number of likely N-dealkylation sites (N-methyl/N-ethyl adjacent to an activating group) is 1. The topological polar surface area (TPSA) is 119 Å². The van der Waals surface area contributed by atoms with Crippen molar-refractivity contribution in [2.45, 2.75) is 31.8 Å². The van der Waals surface area contributed by atoms with Crippen LogP contribution in [0.3, 0.4) is 0 Å². The van der Waals surface area contributed by atoms with Gasteiger partial charge in [-0.3, -0.25) is 4.79 Å². The van der Waals surface area contributed by atoms with Gasteiger partial charge in [0.2, 0.25) is 0 Å². The maximum Gasteiger partial charge on any atom is 0.257 e. The number of hydrogen-bond donors (Lipinski definition) is 2. The summed E-state index contributed by atoms with van der Waals surface area (Å²) >= 11 is 5.89. The summed E-state index contributed by atoms with van der Waals surface area (Å²) in [7, 11) is -2.26. The number of pyridine rings is 1. The van der Waals surface area contributed by atoms with E-state index in [1.807, 2.05) is 51.1 Å². The molecule has 0 bridgehead atoms. The number of anilines is 1. The molecule has 1 aliphatic heterocycles. The maximum absolute atomic E-state index is 13.1. The van der Waals surface area contributed by atoms with Crippen LogP contribution in [0.4, 0.5) is 5.69 Å². The predicted molar refractivity (Wildman–Crippen MR) is 139 cm³/mol. The molecule has 0 aliphatic carbocycles. The molecule has 3 heterocycles. The molecule has 0 saturated heterocycles. The van der Waals surface area contributed by atoms with Gasteiger partial charge in [0.05, 0.1) is 17.1 Å². The quantitative estimate of drug-likeness (QED) is 0.475. The van der Waals surface area contributed by atoms with Crippen molar-refractivity contribution in [2.24, 2.45) is 5.14 Å². The Kier molecular flexibility index (Phi) is 6.35. The van der Waals surface area contributed by atoms with Crippen molar-refractivity contribution >= 4 is 43.9 Å². The normalized spacial score (nSPS) is 15.1. The van der Waals surface area contributed by atoms with Crippen LogP contribution >= 0.6 is 11.6 Å². The van der Waals surface area contributed by atoms with Crippen LogP contribution in [0.1, 0.15) is 36.8 Å². The predicted octanol–water partition coefficient (Wildman–Crippen LogP) is 4.72. The van der Waals surface area contributed by atoms with Gasteiger partial charge in [0, 0.05) is 36.1 Å². The lowest BCUT2D eigenvalue weighted by atomic mass is 10.00. The number of aromatic nitrogens is 1. The van der Waals surface area contributed by atoms with Crippen LogP contribution in [0, 0.1) is 6.92 Å². The third-order valence-electron chi connectivity index (χ3n) is 5.81. The van der Waals surface area contributed by atoms with Gasteiger partial charge in [-0.1, -0.05) is 24.2 Å². The molecule has 35 heavy (non-hydrogen) atoms. The molecule has 3 aromatic rings. The summed E-state index contributed by atoms with van der Waals surface area (Å²) in [5, 5.41) is 8.53. The van der Waals surface area contributed by atoms with E-state index in [2.05, 4.69) is 16.9 Å². The Labute approximate surface area is 208 Å². The van der Waals surface area contributed by atoms with Crippen molar-refractivity contribution in [3.8, 4) is 0 Å². The van der Waals surface area contributed by atoms with Crippen molar-refractivity contribution in [1.82, 2.24) is 9.88 Å². The minimum atomic E-state index is -4.13. The molecule has 4 rings (SSSR count). The molecule has 2 aromatic heterocycles. The highest BCUT2D eigenvalue weighted by molar-refractivity contribution is 7.89. The van der Waals surface area contributed by atoms with Crippen LogP contribution in [0.5, 0.6) is 0 Å². The van der Waals surface area contributed by atoms with E-state index in [0.717, 1.165) is 22.4 Å². The van der Waals surface area contributed by atoms with E-state index in [4.69, 9.17) is 21.2 Å². The number of fused-ring (bicyclic) bond motifs is 1. The molecule has 0 unspecified atom stereocenters. The molecule has 1 aliphatic rings. The van der Waals surface area contributed by atoms with Gasteiger partial charge in [-0.15, -0.1) is 0 Å². The molecule has 0 fully saturated rings. The van der Waals surface area contributed by atoms with Crippen LogP contribution in [-0.2, 0) is 10.0 Å². The number of nitrogens with zero attached hydrogens (tertiary/aromatic N) is 2. The first kappa shape index (κ1) is 24.7. The number of rotatable bonds is 5. The van der Waals surface area contributed by atoms with Crippen LogP contribution in [0.2, 0.25) is 5.15 Å². The van der Waals surface area contributed by atoms with E-state index in [1.165, 1.54) is 18.2 Å². The van der Waals surface area contributed by atoms with Gasteiger partial charge >= 0.3 is 0 Å². The lowest BCUT2D eigenvalue weighted by molar-refractivity contribution is 0.558. The van der Waals surface area contributed by atoms with E-state index in [1.54, 1.807) is 6.07 Å². The van der Waals surface area contributed by atoms with Crippen molar-refractivity contribution in [1.29, 1.82) is 0 Å². The largest absolute Gasteiger partial charge is 0.455 e. The number of sulfonamides is 1.